The molecule has 256 valence electrons. The van der Waals surface area contributed by atoms with Crippen molar-refractivity contribution in [3.63, 3.8) is 0 Å². The van der Waals surface area contributed by atoms with Crippen molar-refractivity contribution in [3.05, 3.63) is 193 Å². The Morgan fingerprint density at radius 1 is 0.667 bits per heavy atom. The molecular weight excluding hydrogens is 637 g/mol. The number of hydrogen-bond donors (Lipinski definition) is 2. The third kappa shape index (κ3) is 8.82. The van der Waals surface area contributed by atoms with Crippen molar-refractivity contribution in [2.24, 2.45) is 5.73 Å². The normalized spacial score (nSPS) is 12.5. The number of fused-ring (bicyclic) bond motifs is 3. The third-order valence-electron chi connectivity index (χ3n) is 9.01. The largest absolute Gasteiger partial charge is 0.399 e. The first-order valence-corrected chi connectivity index (χ1v) is 18.5. The standard InChI is InChI=1S/C28H29N.C18H13NS.C2H6/c1-4-6-10-22(5-2)25-17-19-27(20-18-25)28(29)21(3)23-13-15-26(16-14-23)24-11-8-7-9-12-24;19-13-9-10-15-16-8-4-7-14(12-5-2-1-3-6-12)18(16)20-17(15)11-13;1-2/h4-21,28H,2,29H2,1,3H3;1-11H,19H2;1-2H3/b6-4-,22-10+;;. The Labute approximate surface area is 308 Å². The molecule has 2 nitrogen and oxygen atoms in total. The Hall–Kier alpha value is -5.48. The molecule has 4 N–H and O–H groups in total. The summed E-state index contributed by atoms with van der Waals surface area (Å²) in [5.41, 5.74) is 23.0. The Morgan fingerprint density at radius 3 is 1.90 bits per heavy atom. The Bertz CT molecular complexity index is 2210. The number of benzene rings is 6. The van der Waals surface area contributed by atoms with Gasteiger partial charge in [-0.2, -0.15) is 0 Å². The molecule has 0 amide bonds. The summed E-state index contributed by atoms with van der Waals surface area (Å²) in [5.74, 6) is 0.225. The summed E-state index contributed by atoms with van der Waals surface area (Å²) in [7, 11) is 0. The molecule has 6 aromatic carbocycles. The fraction of sp³-hybridized carbons (Fsp3) is 0.125. The van der Waals surface area contributed by atoms with E-state index in [9.17, 15) is 0 Å². The maximum Gasteiger partial charge on any atom is 0.0433 e. The van der Waals surface area contributed by atoms with Crippen LogP contribution in [-0.4, -0.2) is 0 Å². The average Bonchev–Trinajstić information content (AvgIpc) is 3.57. The zero-order chi connectivity index (χ0) is 36.2. The second kappa shape index (κ2) is 18.0. The number of anilines is 1. The van der Waals surface area contributed by atoms with Crippen LogP contribution < -0.4 is 11.5 Å². The van der Waals surface area contributed by atoms with Gasteiger partial charge in [0.15, 0.2) is 0 Å². The van der Waals surface area contributed by atoms with Crippen molar-refractivity contribution in [1.29, 1.82) is 0 Å². The molecule has 2 atom stereocenters. The molecule has 0 spiro atoms. The van der Waals surface area contributed by atoms with E-state index in [-0.39, 0.29) is 12.0 Å². The molecule has 0 radical (unpaired) electrons. The lowest BCUT2D eigenvalue weighted by Gasteiger charge is -2.21. The maximum atomic E-state index is 6.61. The minimum Gasteiger partial charge on any atom is -0.399 e. The molecule has 0 aliphatic carbocycles. The average molecular weight is 685 g/mol. The molecule has 0 fully saturated rings. The summed E-state index contributed by atoms with van der Waals surface area (Å²) < 4.78 is 2.59. The van der Waals surface area contributed by atoms with Crippen LogP contribution in [0.3, 0.4) is 0 Å². The predicted octanol–water partition coefficient (Wildman–Crippen LogP) is 13.6. The molecule has 0 bridgehead atoms. The van der Waals surface area contributed by atoms with Crippen molar-refractivity contribution >= 4 is 42.8 Å². The summed E-state index contributed by atoms with van der Waals surface area (Å²) in [6.45, 7) is 12.1. The van der Waals surface area contributed by atoms with Gasteiger partial charge in [0.25, 0.3) is 0 Å². The fourth-order valence-corrected chi connectivity index (χ4v) is 7.43. The Balaban J connectivity index is 0.000000199. The molecule has 0 saturated heterocycles. The number of allylic oxidation sites excluding steroid dienone is 5. The van der Waals surface area contributed by atoms with Gasteiger partial charge in [0, 0.05) is 37.8 Å². The lowest BCUT2D eigenvalue weighted by atomic mass is 9.87. The summed E-state index contributed by atoms with van der Waals surface area (Å²) in [6.07, 6.45) is 7.99. The zero-order valence-electron chi connectivity index (χ0n) is 30.1. The van der Waals surface area contributed by atoms with Gasteiger partial charge in [-0.1, -0.05) is 185 Å². The van der Waals surface area contributed by atoms with Crippen LogP contribution in [0.5, 0.6) is 0 Å². The molecule has 1 aromatic heterocycles. The molecule has 0 aliphatic rings. The van der Waals surface area contributed by atoms with E-state index >= 15 is 0 Å². The van der Waals surface area contributed by atoms with Crippen LogP contribution in [0.1, 0.15) is 56.3 Å². The van der Waals surface area contributed by atoms with Crippen LogP contribution in [-0.2, 0) is 0 Å². The first-order valence-electron chi connectivity index (χ1n) is 17.7. The van der Waals surface area contributed by atoms with E-state index in [4.69, 9.17) is 11.5 Å². The minimum absolute atomic E-state index is 0.0571. The van der Waals surface area contributed by atoms with Gasteiger partial charge < -0.3 is 11.5 Å². The predicted molar refractivity (Wildman–Crippen MR) is 227 cm³/mol. The van der Waals surface area contributed by atoms with Crippen LogP contribution >= 0.6 is 11.3 Å². The summed E-state index contributed by atoms with van der Waals surface area (Å²) >= 11 is 1.82. The number of rotatable bonds is 8. The molecular formula is C48H48N2S. The second-order valence-electron chi connectivity index (χ2n) is 12.2. The highest BCUT2D eigenvalue weighted by molar-refractivity contribution is 7.26. The van der Waals surface area contributed by atoms with Crippen LogP contribution in [0.2, 0.25) is 0 Å². The first-order chi connectivity index (χ1) is 25.0. The Kier molecular flexibility index (Phi) is 13.0. The van der Waals surface area contributed by atoms with E-state index in [2.05, 4.69) is 153 Å². The van der Waals surface area contributed by atoms with Crippen LogP contribution in [0.25, 0.3) is 48.0 Å². The quantitative estimate of drug-likeness (QED) is 0.124. The highest BCUT2D eigenvalue weighted by Crippen LogP contribution is 2.40. The maximum absolute atomic E-state index is 6.61. The van der Waals surface area contributed by atoms with E-state index in [1.165, 1.54) is 48.0 Å². The van der Waals surface area contributed by atoms with Crippen molar-refractivity contribution < 1.29 is 0 Å². The van der Waals surface area contributed by atoms with Gasteiger partial charge in [-0.05, 0) is 63.6 Å². The number of thiophene rings is 1. The third-order valence-corrected chi connectivity index (χ3v) is 10.2. The van der Waals surface area contributed by atoms with Crippen molar-refractivity contribution in [2.75, 3.05) is 5.73 Å². The summed E-state index contributed by atoms with van der Waals surface area (Å²) in [4.78, 5) is 0. The van der Waals surface area contributed by atoms with E-state index in [0.29, 0.717) is 0 Å². The second-order valence-corrected chi connectivity index (χ2v) is 13.2. The molecule has 0 aliphatic heterocycles. The van der Waals surface area contributed by atoms with E-state index < -0.39 is 0 Å². The molecule has 51 heavy (non-hydrogen) atoms. The lowest BCUT2D eigenvalue weighted by molar-refractivity contribution is 0.598. The smallest absolute Gasteiger partial charge is 0.0433 e. The van der Waals surface area contributed by atoms with Crippen LogP contribution in [0, 0.1) is 0 Å². The van der Waals surface area contributed by atoms with Crippen LogP contribution in [0.4, 0.5) is 5.69 Å². The molecule has 7 rings (SSSR count). The van der Waals surface area contributed by atoms with Gasteiger partial charge in [0.05, 0.1) is 0 Å². The van der Waals surface area contributed by atoms with E-state index in [1.54, 1.807) is 0 Å². The van der Waals surface area contributed by atoms with Gasteiger partial charge in [0.1, 0.15) is 0 Å². The van der Waals surface area contributed by atoms with Crippen molar-refractivity contribution in [2.45, 2.75) is 39.7 Å². The zero-order valence-corrected chi connectivity index (χ0v) is 30.9. The topological polar surface area (TPSA) is 52.0 Å². The molecule has 3 heteroatoms. The van der Waals surface area contributed by atoms with Crippen molar-refractivity contribution in [1.82, 2.24) is 0 Å². The number of nitrogen functional groups attached to an aromatic ring is 1. The van der Waals surface area contributed by atoms with E-state index in [0.717, 1.165) is 22.4 Å². The van der Waals surface area contributed by atoms with Gasteiger partial charge in [-0.15, -0.1) is 11.3 Å². The fourth-order valence-electron chi connectivity index (χ4n) is 6.15. The monoisotopic (exact) mass is 684 g/mol. The SMILES string of the molecule is C=C/C(=C\C=C/C)c1ccc(C(N)C(C)c2ccc(-c3ccccc3)cc2)cc1.CC.Nc1ccc2c(c1)sc1c(-c3ccccc3)cccc12. The van der Waals surface area contributed by atoms with Crippen LogP contribution in [0.15, 0.2) is 176 Å². The highest BCUT2D eigenvalue weighted by atomic mass is 32.1. The summed E-state index contributed by atoms with van der Waals surface area (Å²) in [5, 5.41) is 2.60. The van der Waals surface area contributed by atoms with Gasteiger partial charge in [0.2, 0.25) is 0 Å². The Morgan fingerprint density at radius 2 is 1.27 bits per heavy atom. The highest BCUT2D eigenvalue weighted by Gasteiger charge is 2.17. The first kappa shape index (κ1) is 36.8. The number of nitrogens with two attached hydrogens (primary N) is 2. The molecule has 7 aromatic rings. The number of hydrogen-bond acceptors (Lipinski definition) is 3. The van der Waals surface area contributed by atoms with Gasteiger partial charge >= 0.3 is 0 Å². The van der Waals surface area contributed by atoms with Crippen molar-refractivity contribution in [3.8, 4) is 22.3 Å². The molecule has 1 heterocycles. The molecule has 2 unspecified atom stereocenters. The van der Waals surface area contributed by atoms with E-state index in [1.807, 2.05) is 62.5 Å². The molecule has 0 saturated carbocycles. The van der Waals surface area contributed by atoms with Gasteiger partial charge in [-0.25, -0.2) is 0 Å². The minimum atomic E-state index is -0.0571. The lowest BCUT2D eigenvalue weighted by Crippen LogP contribution is -2.17. The van der Waals surface area contributed by atoms with Gasteiger partial charge in [-0.3, -0.25) is 0 Å². The summed E-state index contributed by atoms with van der Waals surface area (Å²) in [6, 6.07) is 50.8.